The van der Waals surface area contributed by atoms with Crippen LogP contribution in [-0.4, -0.2) is 18.1 Å². The van der Waals surface area contributed by atoms with Crippen molar-refractivity contribution < 1.29 is 9.53 Å². The van der Waals surface area contributed by atoms with E-state index in [2.05, 4.69) is 6.92 Å². The number of esters is 1. The van der Waals surface area contributed by atoms with Crippen molar-refractivity contribution in [2.24, 2.45) is 5.73 Å². The molecular formula is C13H27NO2. The van der Waals surface area contributed by atoms with Gasteiger partial charge in [0.15, 0.2) is 0 Å². The van der Waals surface area contributed by atoms with Gasteiger partial charge in [0.1, 0.15) is 5.54 Å². The number of hydrogen-bond acceptors (Lipinski definition) is 3. The van der Waals surface area contributed by atoms with Crippen LogP contribution < -0.4 is 5.73 Å². The summed E-state index contributed by atoms with van der Waals surface area (Å²) in [5, 5.41) is 0. The topological polar surface area (TPSA) is 52.3 Å². The molecule has 0 saturated heterocycles. The maximum absolute atomic E-state index is 11.7. The highest BCUT2D eigenvalue weighted by atomic mass is 16.5. The molecule has 0 aliphatic rings. The van der Waals surface area contributed by atoms with Crippen molar-refractivity contribution in [3.05, 3.63) is 0 Å². The van der Waals surface area contributed by atoms with Gasteiger partial charge in [0.25, 0.3) is 0 Å². The third kappa shape index (κ3) is 5.50. The lowest BCUT2D eigenvalue weighted by Crippen LogP contribution is -2.48. The van der Waals surface area contributed by atoms with Gasteiger partial charge in [-0.05, 0) is 19.3 Å². The number of unbranched alkanes of at least 4 members (excludes halogenated alkanes) is 4. The number of carbonyl (C=O) groups is 1. The molecule has 0 aliphatic carbocycles. The van der Waals surface area contributed by atoms with E-state index in [1.165, 1.54) is 19.3 Å². The molecule has 0 aromatic heterocycles. The van der Waals surface area contributed by atoms with Crippen LogP contribution in [0.1, 0.15) is 65.7 Å². The Bertz CT molecular complexity index is 188. The predicted molar refractivity (Wildman–Crippen MR) is 67.2 cm³/mol. The molecule has 96 valence electrons. The second-order valence-electron chi connectivity index (χ2n) is 4.41. The minimum Gasteiger partial charge on any atom is -0.464 e. The smallest absolute Gasteiger partial charge is 0.326 e. The van der Waals surface area contributed by atoms with Crippen LogP contribution in [0.5, 0.6) is 0 Å². The summed E-state index contributed by atoms with van der Waals surface area (Å²) in [6.45, 7) is 6.55. The van der Waals surface area contributed by atoms with Crippen LogP contribution in [0, 0.1) is 0 Å². The van der Waals surface area contributed by atoms with E-state index in [-0.39, 0.29) is 5.97 Å². The van der Waals surface area contributed by atoms with Crippen molar-refractivity contribution in [2.45, 2.75) is 71.3 Å². The average molecular weight is 229 g/mol. The average Bonchev–Trinajstić information content (AvgIpc) is 2.32. The maximum atomic E-state index is 11.7. The Hall–Kier alpha value is -0.570. The third-order valence-corrected chi connectivity index (χ3v) is 3.15. The monoisotopic (exact) mass is 229 g/mol. The Kier molecular flexibility index (Phi) is 8.26. The molecule has 2 N–H and O–H groups in total. The Morgan fingerprint density at radius 2 is 1.62 bits per heavy atom. The molecule has 0 amide bonds. The molecule has 0 unspecified atom stereocenters. The van der Waals surface area contributed by atoms with Crippen LogP contribution >= 0.6 is 0 Å². The van der Waals surface area contributed by atoms with Crippen LogP contribution in [0.25, 0.3) is 0 Å². The zero-order valence-electron chi connectivity index (χ0n) is 11.1. The van der Waals surface area contributed by atoms with Crippen molar-refractivity contribution in [1.82, 2.24) is 0 Å². The van der Waals surface area contributed by atoms with E-state index in [4.69, 9.17) is 10.5 Å². The van der Waals surface area contributed by atoms with Gasteiger partial charge >= 0.3 is 5.97 Å². The Morgan fingerprint density at radius 3 is 2.12 bits per heavy atom. The molecule has 0 aliphatic heterocycles. The molecule has 0 heterocycles. The molecule has 3 heteroatoms. The fourth-order valence-electron chi connectivity index (χ4n) is 1.55. The highest BCUT2D eigenvalue weighted by molar-refractivity contribution is 5.80. The van der Waals surface area contributed by atoms with Crippen LogP contribution in [0.4, 0.5) is 0 Å². The fraction of sp³-hybridized carbons (Fsp3) is 0.923. The first-order chi connectivity index (χ1) is 7.60. The van der Waals surface area contributed by atoms with Gasteiger partial charge in [-0.1, -0.05) is 46.5 Å². The van der Waals surface area contributed by atoms with E-state index in [1.807, 2.05) is 13.8 Å². The normalized spacial score (nSPS) is 11.5. The predicted octanol–water partition coefficient (Wildman–Crippen LogP) is 3.02. The van der Waals surface area contributed by atoms with E-state index in [9.17, 15) is 4.79 Å². The molecule has 0 fully saturated rings. The molecule has 16 heavy (non-hydrogen) atoms. The van der Waals surface area contributed by atoms with Gasteiger partial charge in [-0.15, -0.1) is 0 Å². The molecule has 0 spiro atoms. The minimum absolute atomic E-state index is 0.243. The first kappa shape index (κ1) is 15.4. The Balaban J connectivity index is 3.64. The molecular weight excluding hydrogens is 202 g/mol. The molecule has 3 nitrogen and oxygen atoms in total. The quantitative estimate of drug-likeness (QED) is 0.488. The zero-order valence-corrected chi connectivity index (χ0v) is 11.1. The van der Waals surface area contributed by atoms with Crippen LogP contribution in [0.3, 0.4) is 0 Å². The van der Waals surface area contributed by atoms with Crippen molar-refractivity contribution in [3.63, 3.8) is 0 Å². The molecule has 0 rings (SSSR count). The minimum atomic E-state index is -0.774. The van der Waals surface area contributed by atoms with Gasteiger partial charge in [-0.3, -0.25) is 4.79 Å². The molecule has 0 atom stereocenters. The van der Waals surface area contributed by atoms with Crippen molar-refractivity contribution >= 4 is 5.97 Å². The highest BCUT2D eigenvalue weighted by Gasteiger charge is 2.31. The lowest BCUT2D eigenvalue weighted by molar-refractivity contribution is -0.150. The van der Waals surface area contributed by atoms with Crippen molar-refractivity contribution in [3.8, 4) is 0 Å². The second-order valence-corrected chi connectivity index (χ2v) is 4.41. The number of rotatable bonds is 9. The van der Waals surface area contributed by atoms with Gasteiger partial charge < -0.3 is 10.5 Å². The standard InChI is InChI=1S/C13H27NO2/c1-4-7-8-9-10-11-16-12(15)13(14,5-2)6-3/h4-11,14H2,1-3H3. The number of nitrogens with two attached hydrogens (primary N) is 1. The largest absolute Gasteiger partial charge is 0.464 e. The summed E-state index contributed by atoms with van der Waals surface area (Å²) in [4.78, 5) is 11.7. The van der Waals surface area contributed by atoms with E-state index in [0.717, 1.165) is 12.8 Å². The molecule has 0 bridgehead atoms. The summed E-state index contributed by atoms with van der Waals surface area (Å²) in [5.41, 5.74) is 5.15. The second kappa shape index (κ2) is 8.57. The Morgan fingerprint density at radius 1 is 1.06 bits per heavy atom. The number of ether oxygens (including phenoxy) is 1. The summed E-state index contributed by atoms with van der Waals surface area (Å²) < 4.78 is 5.21. The van der Waals surface area contributed by atoms with Crippen molar-refractivity contribution in [2.75, 3.05) is 6.61 Å². The SMILES string of the molecule is CCCCCCCOC(=O)C(N)(CC)CC. The number of carbonyl (C=O) groups excluding carboxylic acids is 1. The lowest BCUT2D eigenvalue weighted by Gasteiger charge is -2.23. The summed E-state index contributed by atoms with van der Waals surface area (Å²) in [6.07, 6.45) is 7.09. The summed E-state index contributed by atoms with van der Waals surface area (Å²) >= 11 is 0. The van der Waals surface area contributed by atoms with Crippen LogP contribution in [0.15, 0.2) is 0 Å². The van der Waals surface area contributed by atoms with E-state index in [1.54, 1.807) is 0 Å². The lowest BCUT2D eigenvalue weighted by atomic mass is 9.95. The summed E-state index contributed by atoms with van der Waals surface area (Å²) in [7, 11) is 0. The first-order valence-electron chi connectivity index (χ1n) is 6.56. The van der Waals surface area contributed by atoms with E-state index < -0.39 is 5.54 Å². The first-order valence-corrected chi connectivity index (χ1v) is 6.56. The van der Waals surface area contributed by atoms with Crippen LogP contribution in [0.2, 0.25) is 0 Å². The van der Waals surface area contributed by atoms with Crippen LogP contribution in [-0.2, 0) is 9.53 Å². The molecule has 0 aromatic carbocycles. The summed E-state index contributed by atoms with van der Waals surface area (Å²) in [5.74, 6) is -0.243. The van der Waals surface area contributed by atoms with E-state index >= 15 is 0 Å². The zero-order chi connectivity index (χ0) is 12.4. The van der Waals surface area contributed by atoms with Gasteiger partial charge in [-0.25, -0.2) is 0 Å². The Labute approximate surface area is 99.7 Å². The fourth-order valence-corrected chi connectivity index (χ4v) is 1.55. The molecule has 0 radical (unpaired) electrons. The third-order valence-electron chi connectivity index (χ3n) is 3.15. The van der Waals surface area contributed by atoms with E-state index in [0.29, 0.717) is 19.4 Å². The van der Waals surface area contributed by atoms with Crippen molar-refractivity contribution in [1.29, 1.82) is 0 Å². The van der Waals surface area contributed by atoms with Gasteiger partial charge in [0.05, 0.1) is 6.61 Å². The van der Waals surface area contributed by atoms with Gasteiger partial charge in [0.2, 0.25) is 0 Å². The number of hydrogen-bond donors (Lipinski definition) is 1. The van der Waals surface area contributed by atoms with Gasteiger partial charge in [-0.2, -0.15) is 0 Å². The summed E-state index contributed by atoms with van der Waals surface area (Å²) in [6, 6.07) is 0. The highest BCUT2D eigenvalue weighted by Crippen LogP contribution is 2.13. The molecule has 0 saturated carbocycles. The maximum Gasteiger partial charge on any atom is 0.326 e. The molecule has 0 aromatic rings. The van der Waals surface area contributed by atoms with Gasteiger partial charge in [0, 0.05) is 0 Å².